The molecule has 0 aromatic heterocycles. The summed E-state index contributed by atoms with van der Waals surface area (Å²) in [5.41, 5.74) is 2.68. The molecule has 5 nitrogen and oxygen atoms in total. The van der Waals surface area contributed by atoms with Crippen molar-refractivity contribution in [3.63, 3.8) is 0 Å². The van der Waals surface area contributed by atoms with E-state index < -0.39 is 0 Å². The number of carbonyl (C=O) groups excluding carboxylic acids is 2. The van der Waals surface area contributed by atoms with Crippen molar-refractivity contribution in [2.45, 2.75) is 0 Å². The molecule has 3 aromatic carbocycles. The normalized spacial score (nSPS) is 10.1. The monoisotopic (exact) mass is 423 g/mol. The van der Waals surface area contributed by atoms with Gasteiger partial charge in [-0.3, -0.25) is 9.59 Å². The SMILES string of the molecule is O=C(CNC(=O)c1ccccc1Nc1ccccc1)Nc1ccccc1Br. The Labute approximate surface area is 165 Å². The Morgan fingerprint density at radius 3 is 2.15 bits per heavy atom. The van der Waals surface area contributed by atoms with Gasteiger partial charge in [0.15, 0.2) is 0 Å². The highest BCUT2D eigenvalue weighted by Crippen LogP contribution is 2.22. The van der Waals surface area contributed by atoms with E-state index in [1.54, 1.807) is 18.2 Å². The second-order valence-electron chi connectivity index (χ2n) is 5.75. The van der Waals surface area contributed by atoms with Gasteiger partial charge in [0.1, 0.15) is 0 Å². The van der Waals surface area contributed by atoms with Gasteiger partial charge in [0.05, 0.1) is 23.5 Å². The third-order valence-corrected chi connectivity index (χ3v) is 4.47. The van der Waals surface area contributed by atoms with Crippen LogP contribution >= 0.6 is 15.9 Å². The molecule has 0 saturated heterocycles. The first kappa shape index (κ1) is 18.7. The van der Waals surface area contributed by atoms with Gasteiger partial charge in [-0.1, -0.05) is 42.5 Å². The van der Waals surface area contributed by atoms with Gasteiger partial charge >= 0.3 is 0 Å². The first-order valence-corrected chi connectivity index (χ1v) is 9.16. The van der Waals surface area contributed by atoms with Crippen molar-refractivity contribution >= 4 is 44.8 Å². The number of nitrogens with one attached hydrogen (secondary N) is 3. The van der Waals surface area contributed by atoms with E-state index in [4.69, 9.17) is 0 Å². The predicted molar refractivity (Wildman–Crippen MR) is 111 cm³/mol. The molecule has 27 heavy (non-hydrogen) atoms. The molecule has 0 heterocycles. The molecule has 0 atom stereocenters. The number of benzene rings is 3. The van der Waals surface area contributed by atoms with Gasteiger partial charge in [0.25, 0.3) is 5.91 Å². The average molecular weight is 424 g/mol. The second-order valence-corrected chi connectivity index (χ2v) is 6.60. The number of anilines is 3. The second kappa shape index (κ2) is 9.00. The molecule has 0 unspecified atom stereocenters. The van der Waals surface area contributed by atoms with Crippen LogP contribution in [0.4, 0.5) is 17.1 Å². The number of rotatable bonds is 6. The van der Waals surface area contributed by atoms with Crippen molar-refractivity contribution in [2.75, 3.05) is 17.2 Å². The Bertz CT molecular complexity index is 945. The number of para-hydroxylation sites is 3. The summed E-state index contributed by atoms with van der Waals surface area (Å²) in [7, 11) is 0. The average Bonchev–Trinajstić information content (AvgIpc) is 2.69. The molecule has 2 amide bonds. The summed E-state index contributed by atoms with van der Waals surface area (Å²) in [6.45, 7) is -0.125. The lowest BCUT2D eigenvalue weighted by atomic mass is 10.1. The van der Waals surface area contributed by atoms with Crippen LogP contribution in [0.3, 0.4) is 0 Å². The summed E-state index contributed by atoms with van der Waals surface area (Å²) in [6, 6.07) is 24.1. The maximum atomic E-state index is 12.5. The van der Waals surface area contributed by atoms with Crippen molar-refractivity contribution < 1.29 is 9.59 Å². The van der Waals surface area contributed by atoms with Gasteiger partial charge in [0.2, 0.25) is 5.91 Å². The van der Waals surface area contributed by atoms with E-state index in [2.05, 4.69) is 31.9 Å². The predicted octanol–water partition coefficient (Wildman–Crippen LogP) is 4.56. The van der Waals surface area contributed by atoms with Crippen LogP contribution in [0.25, 0.3) is 0 Å². The Morgan fingerprint density at radius 1 is 0.778 bits per heavy atom. The molecule has 0 aliphatic carbocycles. The Morgan fingerprint density at radius 2 is 1.41 bits per heavy atom. The molecule has 0 aliphatic rings. The molecule has 3 rings (SSSR count). The topological polar surface area (TPSA) is 70.2 Å². The maximum absolute atomic E-state index is 12.5. The van der Waals surface area contributed by atoms with Crippen LogP contribution in [0.1, 0.15) is 10.4 Å². The molecule has 0 bridgehead atoms. The Hall–Kier alpha value is -3.12. The van der Waals surface area contributed by atoms with Gasteiger partial charge in [-0.2, -0.15) is 0 Å². The summed E-state index contributed by atoms with van der Waals surface area (Å²) in [5.74, 6) is -0.625. The van der Waals surface area contributed by atoms with Crippen molar-refractivity contribution in [2.24, 2.45) is 0 Å². The van der Waals surface area contributed by atoms with Gasteiger partial charge < -0.3 is 16.0 Å². The van der Waals surface area contributed by atoms with Gasteiger partial charge in [-0.05, 0) is 52.3 Å². The van der Waals surface area contributed by atoms with Crippen LogP contribution in [0.15, 0.2) is 83.3 Å². The minimum Gasteiger partial charge on any atom is -0.355 e. The summed E-state index contributed by atoms with van der Waals surface area (Å²) < 4.78 is 0.780. The van der Waals surface area contributed by atoms with Crippen LogP contribution in [0, 0.1) is 0 Å². The zero-order valence-corrected chi connectivity index (χ0v) is 16.0. The van der Waals surface area contributed by atoms with Crippen LogP contribution < -0.4 is 16.0 Å². The highest BCUT2D eigenvalue weighted by atomic mass is 79.9. The molecule has 0 saturated carbocycles. The van der Waals surface area contributed by atoms with Crippen LogP contribution in [0.5, 0.6) is 0 Å². The van der Waals surface area contributed by atoms with E-state index in [1.807, 2.05) is 60.7 Å². The van der Waals surface area contributed by atoms with Gasteiger partial charge in [-0.15, -0.1) is 0 Å². The molecule has 136 valence electrons. The minimum absolute atomic E-state index is 0.125. The third-order valence-electron chi connectivity index (χ3n) is 3.78. The van der Waals surface area contributed by atoms with Crippen LogP contribution in [0.2, 0.25) is 0 Å². The van der Waals surface area contributed by atoms with Crippen LogP contribution in [-0.2, 0) is 4.79 Å². The molecule has 3 aromatic rings. The van der Waals surface area contributed by atoms with Gasteiger partial charge in [0, 0.05) is 10.2 Å². The summed E-state index contributed by atoms with van der Waals surface area (Å²) in [5, 5.41) is 8.63. The molecule has 0 fully saturated rings. The van der Waals surface area contributed by atoms with E-state index in [9.17, 15) is 9.59 Å². The zero-order valence-electron chi connectivity index (χ0n) is 14.4. The molecular weight excluding hydrogens is 406 g/mol. The summed E-state index contributed by atoms with van der Waals surface area (Å²) in [6.07, 6.45) is 0. The summed E-state index contributed by atoms with van der Waals surface area (Å²) >= 11 is 3.37. The lowest BCUT2D eigenvalue weighted by Gasteiger charge is -2.12. The molecule has 0 aliphatic heterocycles. The van der Waals surface area contributed by atoms with Crippen molar-refractivity contribution in [3.05, 3.63) is 88.9 Å². The van der Waals surface area contributed by atoms with E-state index >= 15 is 0 Å². The van der Waals surface area contributed by atoms with E-state index in [0.717, 1.165) is 10.2 Å². The Kier molecular flexibility index (Phi) is 6.22. The fourth-order valence-electron chi connectivity index (χ4n) is 2.48. The fraction of sp³-hybridized carbons (Fsp3) is 0.0476. The number of carbonyl (C=O) groups is 2. The zero-order chi connectivity index (χ0) is 19.1. The first-order chi connectivity index (χ1) is 13.1. The molecule has 0 spiro atoms. The van der Waals surface area contributed by atoms with E-state index in [-0.39, 0.29) is 18.4 Å². The van der Waals surface area contributed by atoms with Crippen molar-refractivity contribution in [1.29, 1.82) is 0 Å². The smallest absolute Gasteiger partial charge is 0.253 e. The molecule has 0 radical (unpaired) electrons. The van der Waals surface area contributed by atoms with Gasteiger partial charge in [-0.25, -0.2) is 0 Å². The van der Waals surface area contributed by atoms with Crippen molar-refractivity contribution in [1.82, 2.24) is 5.32 Å². The number of hydrogen-bond donors (Lipinski definition) is 3. The molecule has 6 heteroatoms. The minimum atomic E-state index is -0.323. The lowest BCUT2D eigenvalue weighted by molar-refractivity contribution is -0.115. The molecular formula is C21H18BrN3O2. The quantitative estimate of drug-likeness (QED) is 0.543. The van der Waals surface area contributed by atoms with Crippen LogP contribution in [-0.4, -0.2) is 18.4 Å². The number of amides is 2. The van der Waals surface area contributed by atoms with E-state index in [1.165, 1.54) is 0 Å². The number of hydrogen-bond acceptors (Lipinski definition) is 3. The third kappa shape index (κ3) is 5.18. The Balaban J connectivity index is 1.63. The lowest BCUT2D eigenvalue weighted by Crippen LogP contribution is -2.33. The standard InChI is InChI=1S/C21H18BrN3O2/c22-17-11-5-7-13-19(17)25-20(26)14-23-21(27)16-10-4-6-12-18(16)24-15-8-2-1-3-9-15/h1-13,24H,14H2,(H,23,27)(H,25,26). The number of halogens is 1. The highest BCUT2D eigenvalue weighted by molar-refractivity contribution is 9.10. The van der Waals surface area contributed by atoms with E-state index in [0.29, 0.717) is 16.9 Å². The largest absolute Gasteiger partial charge is 0.355 e. The highest BCUT2D eigenvalue weighted by Gasteiger charge is 2.13. The van der Waals surface area contributed by atoms with Crippen molar-refractivity contribution in [3.8, 4) is 0 Å². The molecule has 3 N–H and O–H groups in total. The maximum Gasteiger partial charge on any atom is 0.253 e. The summed E-state index contributed by atoms with van der Waals surface area (Å²) in [4.78, 5) is 24.7. The fourth-order valence-corrected chi connectivity index (χ4v) is 2.86. The first-order valence-electron chi connectivity index (χ1n) is 8.37.